The molecule has 0 amide bonds. The number of methoxy groups -OCH3 is 1. The van der Waals surface area contributed by atoms with Gasteiger partial charge in [-0.05, 0) is 50.8 Å². The Hall–Kier alpha value is -2.40. The molecule has 3 aromatic rings. The second-order valence-corrected chi connectivity index (χ2v) is 6.87. The summed E-state index contributed by atoms with van der Waals surface area (Å²) in [7, 11) is 5.82. The summed E-state index contributed by atoms with van der Waals surface area (Å²) in [5, 5.41) is 15.2. The number of halogens is 1. The van der Waals surface area contributed by atoms with Crippen molar-refractivity contribution < 1.29 is 4.74 Å². The first-order chi connectivity index (χ1) is 14.1. The zero-order valence-electron chi connectivity index (χ0n) is 17.9. The summed E-state index contributed by atoms with van der Waals surface area (Å²) in [5.41, 5.74) is 2.03. The van der Waals surface area contributed by atoms with E-state index in [4.69, 9.17) is 9.73 Å². The number of guanidine groups is 1. The SMILES string of the molecule is CCNC(=NCc1nnc2ccccn12)NCC(c1ccc(OC)cc1)N(C)C.I. The molecule has 162 valence electrons. The number of likely N-dealkylation sites (N-methyl/N-ethyl adjacent to an activating group) is 1. The molecule has 0 fully saturated rings. The number of rotatable bonds is 8. The number of pyridine rings is 1. The lowest BCUT2D eigenvalue weighted by atomic mass is 10.1. The van der Waals surface area contributed by atoms with E-state index in [1.165, 1.54) is 5.56 Å². The van der Waals surface area contributed by atoms with Crippen molar-refractivity contribution in [2.45, 2.75) is 19.5 Å². The lowest BCUT2D eigenvalue weighted by molar-refractivity contribution is 0.298. The van der Waals surface area contributed by atoms with Gasteiger partial charge in [-0.3, -0.25) is 4.40 Å². The van der Waals surface area contributed by atoms with Gasteiger partial charge < -0.3 is 20.3 Å². The van der Waals surface area contributed by atoms with Gasteiger partial charge in [-0.1, -0.05) is 18.2 Å². The Morgan fingerprint density at radius 1 is 1.13 bits per heavy atom. The number of hydrogen-bond acceptors (Lipinski definition) is 5. The second kappa shape index (κ2) is 11.7. The number of aliphatic imine (C=N–C) groups is 1. The zero-order valence-corrected chi connectivity index (χ0v) is 20.2. The standard InChI is InChI=1S/C21H29N7O.HI/c1-5-22-21(24-15-20-26-25-19-8-6-7-13-28(19)20)23-14-18(27(2)3)16-9-11-17(29-4)12-10-16;/h6-13,18H,5,14-15H2,1-4H3,(H2,22,23,24);1H. The summed E-state index contributed by atoms with van der Waals surface area (Å²) in [5.74, 6) is 2.41. The highest BCUT2D eigenvalue weighted by Crippen LogP contribution is 2.20. The molecule has 1 aromatic carbocycles. The molecule has 0 spiro atoms. The number of benzene rings is 1. The van der Waals surface area contributed by atoms with Crippen molar-refractivity contribution in [1.29, 1.82) is 0 Å². The third-order valence-corrected chi connectivity index (χ3v) is 4.69. The Morgan fingerprint density at radius 2 is 1.90 bits per heavy atom. The van der Waals surface area contributed by atoms with E-state index in [2.05, 4.69) is 58.9 Å². The molecule has 0 aliphatic carbocycles. The number of nitrogens with one attached hydrogen (secondary N) is 2. The molecule has 0 aliphatic rings. The number of nitrogens with zero attached hydrogens (tertiary/aromatic N) is 5. The maximum absolute atomic E-state index is 5.27. The van der Waals surface area contributed by atoms with Crippen molar-refractivity contribution in [2.75, 3.05) is 34.3 Å². The van der Waals surface area contributed by atoms with Gasteiger partial charge in [-0.15, -0.1) is 34.2 Å². The van der Waals surface area contributed by atoms with Crippen molar-refractivity contribution in [3.8, 4) is 5.75 Å². The molecule has 0 radical (unpaired) electrons. The van der Waals surface area contributed by atoms with E-state index in [-0.39, 0.29) is 30.0 Å². The number of aromatic nitrogens is 3. The molecule has 1 atom stereocenters. The predicted octanol–water partition coefficient (Wildman–Crippen LogP) is 2.71. The van der Waals surface area contributed by atoms with E-state index < -0.39 is 0 Å². The van der Waals surface area contributed by atoms with Crippen molar-refractivity contribution in [3.63, 3.8) is 0 Å². The highest BCUT2D eigenvalue weighted by atomic mass is 127. The van der Waals surface area contributed by atoms with Crippen LogP contribution in [0.15, 0.2) is 53.7 Å². The lowest BCUT2D eigenvalue weighted by Crippen LogP contribution is -2.41. The molecular weight excluding hydrogens is 493 g/mol. The smallest absolute Gasteiger partial charge is 0.191 e. The van der Waals surface area contributed by atoms with Crippen molar-refractivity contribution in [1.82, 2.24) is 30.1 Å². The largest absolute Gasteiger partial charge is 0.497 e. The molecule has 2 heterocycles. The third kappa shape index (κ3) is 6.05. The molecule has 2 N–H and O–H groups in total. The van der Waals surface area contributed by atoms with Crippen LogP contribution < -0.4 is 15.4 Å². The van der Waals surface area contributed by atoms with Gasteiger partial charge >= 0.3 is 0 Å². The minimum atomic E-state index is 0. The van der Waals surface area contributed by atoms with Gasteiger partial charge in [0.1, 0.15) is 12.3 Å². The fraction of sp³-hybridized carbons (Fsp3) is 0.381. The average molecular weight is 523 g/mol. The maximum Gasteiger partial charge on any atom is 0.191 e. The van der Waals surface area contributed by atoms with E-state index in [9.17, 15) is 0 Å². The summed E-state index contributed by atoms with van der Waals surface area (Å²) >= 11 is 0. The Morgan fingerprint density at radius 3 is 2.57 bits per heavy atom. The molecule has 3 rings (SSSR count). The Labute approximate surface area is 194 Å². The van der Waals surface area contributed by atoms with Crippen LogP contribution in [0.5, 0.6) is 5.75 Å². The summed E-state index contributed by atoms with van der Waals surface area (Å²) in [6.45, 7) is 3.99. The normalized spacial score (nSPS) is 12.5. The van der Waals surface area contributed by atoms with Gasteiger partial charge in [0, 0.05) is 19.3 Å². The Balaban J connectivity index is 0.00000320. The summed E-state index contributed by atoms with van der Waals surface area (Å²) in [4.78, 5) is 6.88. The van der Waals surface area contributed by atoms with Crippen LogP contribution in [0.1, 0.15) is 24.4 Å². The molecule has 0 bridgehead atoms. The van der Waals surface area contributed by atoms with Crippen LogP contribution in [0, 0.1) is 0 Å². The molecule has 30 heavy (non-hydrogen) atoms. The Kier molecular flexibility index (Phi) is 9.31. The summed E-state index contributed by atoms with van der Waals surface area (Å²) < 4.78 is 7.22. The van der Waals surface area contributed by atoms with E-state index in [0.717, 1.165) is 29.7 Å². The topological polar surface area (TPSA) is 79.1 Å². The van der Waals surface area contributed by atoms with Gasteiger partial charge in [0.05, 0.1) is 13.2 Å². The minimum absolute atomic E-state index is 0. The Bertz CT molecular complexity index is 940. The monoisotopic (exact) mass is 523 g/mol. The molecule has 0 saturated heterocycles. The predicted molar refractivity (Wildman–Crippen MR) is 131 cm³/mol. The molecule has 0 aliphatic heterocycles. The molecule has 2 aromatic heterocycles. The van der Waals surface area contributed by atoms with Crippen LogP contribution >= 0.6 is 24.0 Å². The van der Waals surface area contributed by atoms with Crippen molar-refractivity contribution in [3.05, 3.63) is 60.0 Å². The van der Waals surface area contributed by atoms with Gasteiger partial charge in [-0.25, -0.2) is 4.99 Å². The highest BCUT2D eigenvalue weighted by Gasteiger charge is 2.15. The van der Waals surface area contributed by atoms with Crippen LogP contribution in [0.25, 0.3) is 5.65 Å². The average Bonchev–Trinajstić information content (AvgIpc) is 3.15. The van der Waals surface area contributed by atoms with E-state index in [1.54, 1.807) is 7.11 Å². The first kappa shape index (κ1) is 23.9. The molecule has 8 nitrogen and oxygen atoms in total. The van der Waals surface area contributed by atoms with Gasteiger partial charge in [0.25, 0.3) is 0 Å². The quantitative estimate of drug-likeness (QED) is 0.269. The van der Waals surface area contributed by atoms with Gasteiger partial charge in [0.15, 0.2) is 17.4 Å². The molecular formula is C21H30IN7O. The van der Waals surface area contributed by atoms with E-state index in [0.29, 0.717) is 13.1 Å². The highest BCUT2D eigenvalue weighted by molar-refractivity contribution is 14.0. The summed E-state index contributed by atoms with van der Waals surface area (Å²) in [6.07, 6.45) is 1.95. The van der Waals surface area contributed by atoms with Crippen molar-refractivity contribution in [2.24, 2.45) is 4.99 Å². The van der Waals surface area contributed by atoms with Gasteiger partial charge in [0.2, 0.25) is 0 Å². The van der Waals surface area contributed by atoms with Crippen LogP contribution in [-0.4, -0.2) is 59.8 Å². The number of fused-ring (bicyclic) bond motifs is 1. The molecule has 1 unspecified atom stereocenters. The molecule has 9 heteroatoms. The van der Waals surface area contributed by atoms with Gasteiger partial charge in [-0.2, -0.15) is 0 Å². The second-order valence-electron chi connectivity index (χ2n) is 6.87. The first-order valence-corrected chi connectivity index (χ1v) is 9.73. The number of hydrogen-bond donors (Lipinski definition) is 2. The van der Waals surface area contributed by atoms with Crippen LogP contribution in [0.3, 0.4) is 0 Å². The van der Waals surface area contributed by atoms with E-state index >= 15 is 0 Å². The van der Waals surface area contributed by atoms with Crippen LogP contribution in [0.4, 0.5) is 0 Å². The third-order valence-electron chi connectivity index (χ3n) is 4.69. The van der Waals surface area contributed by atoms with Crippen molar-refractivity contribution >= 4 is 35.6 Å². The van der Waals surface area contributed by atoms with Crippen LogP contribution in [-0.2, 0) is 6.54 Å². The lowest BCUT2D eigenvalue weighted by Gasteiger charge is -2.26. The number of ether oxygens (including phenoxy) is 1. The van der Waals surface area contributed by atoms with Crippen LogP contribution in [0.2, 0.25) is 0 Å². The summed E-state index contributed by atoms with van der Waals surface area (Å²) in [6, 6.07) is 14.2. The molecule has 0 saturated carbocycles. The first-order valence-electron chi connectivity index (χ1n) is 9.73. The minimum Gasteiger partial charge on any atom is -0.497 e. The fourth-order valence-corrected chi connectivity index (χ4v) is 3.11. The van der Waals surface area contributed by atoms with E-state index in [1.807, 2.05) is 40.9 Å². The maximum atomic E-state index is 5.27. The fourth-order valence-electron chi connectivity index (χ4n) is 3.11. The zero-order chi connectivity index (χ0) is 20.6.